The maximum atomic E-state index is 13.3. The number of anilines is 1. The number of methoxy groups -OCH3 is 3. The molecule has 0 saturated carbocycles. The first kappa shape index (κ1) is 22.0. The highest BCUT2D eigenvalue weighted by Crippen LogP contribution is 2.38. The van der Waals surface area contributed by atoms with E-state index >= 15 is 0 Å². The van der Waals surface area contributed by atoms with Gasteiger partial charge >= 0.3 is 0 Å². The Balaban J connectivity index is 1.77. The van der Waals surface area contributed by atoms with Gasteiger partial charge in [-0.3, -0.25) is 9.40 Å². The Labute approximate surface area is 189 Å². The molecule has 4 aromatic rings. The third kappa shape index (κ3) is 4.13. The molecule has 0 atom stereocenters. The van der Waals surface area contributed by atoms with Gasteiger partial charge in [0.2, 0.25) is 5.88 Å². The number of terminal acetylenes is 1. The van der Waals surface area contributed by atoms with Crippen molar-refractivity contribution in [1.29, 1.82) is 0 Å². The van der Waals surface area contributed by atoms with Gasteiger partial charge in [-0.1, -0.05) is 11.1 Å². The van der Waals surface area contributed by atoms with Gasteiger partial charge in [0, 0.05) is 24.0 Å². The Bertz CT molecular complexity index is 1430. The largest absolute Gasteiger partial charge is 0.495 e. The first-order valence-electron chi connectivity index (χ1n) is 9.46. The monoisotopic (exact) mass is 469 g/mol. The number of nitrogens with zero attached hydrogens (tertiary/aromatic N) is 4. The van der Waals surface area contributed by atoms with E-state index < -0.39 is 10.0 Å². The van der Waals surface area contributed by atoms with Crippen LogP contribution in [0.2, 0.25) is 0 Å². The number of nitrogens with one attached hydrogen (secondary N) is 1. The molecule has 0 aliphatic carbocycles. The molecule has 1 N–H and O–H groups in total. The minimum absolute atomic E-state index is 0.00852. The summed E-state index contributed by atoms with van der Waals surface area (Å²) in [6, 6.07) is 6.26. The van der Waals surface area contributed by atoms with Gasteiger partial charge in [0.1, 0.15) is 16.9 Å². The van der Waals surface area contributed by atoms with Crippen LogP contribution in [0.1, 0.15) is 11.3 Å². The number of sulfonamides is 1. The Morgan fingerprint density at radius 1 is 1.15 bits per heavy atom. The lowest BCUT2D eigenvalue weighted by atomic mass is 10.2. The molecule has 0 radical (unpaired) electrons. The molecule has 0 fully saturated rings. The fourth-order valence-electron chi connectivity index (χ4n) is 3.24. The van der Waals surface area contributed by atoms with Crippen molar-refractivity contribution in [3.8, 4) is 29.7 Å². The molecule has 0 aliphatic heterocycles. The summed E-state index contributed by atoms with van der Waals surface area (Å²) in [5, 5.41) is 8.27. The molecule has 0 bridgehead atoms. The van der Waals surface area contributed by atoms with Crippen molar-refractivity contribution < 1.29 is 27.2 Å². The topological polar surface area (TPSA) is 131 Å². The van der Waals surface area contributed by atoms with Gasteiger partial charge in [0.15, 0.2) is 16.3 Å². The van der Waals surface area contributed by atoms with Crippen LogP contribution >= 0.6 is 0 Å². The number of hydrogen-bond donors (Lipinski definition) is 1. The summed E-state index contributed by atoms with van der Waals surface area (Å²) < 4.78 is 51.9. The van der Waals surface area contributed by atoms with Crippen LogP contribution in [0.25, 0.3) is 11.0 Å². The highest BCUT2D eigenvalue weighted by atomic mass is 32.2. The smallest absolute Gasteiger partial charge is 0.270 e. The van der Waals surface area contributed by atoms with Gasteiger partial charge in [-0.2, -0.15) is 5.10 Å². The van der Waals surface area contributed by atoms with Gasteiger partial charge in [-0.15, -0.1) is 6.42 Å². The molecule has 1 aromatic carbocycles. The van der Waals surface area contributed by atoms with Crippen LogP contribution in [0.4, 0.5) is 5.82 Å². The van der Waals surface area contributed by atoms with E-state index in [1.54, 1.807) is 29.2 Å². The standard InChI is InChI=1S/C21H19N5O6S/c1-5-13-9-16(29-2)19(17(10-13)30-3)33(27,28)25-20-18-15(32-24-20)11-14(23-21(18)31-4)12-26-8-6-7-22-26/h1,6-11H,12H2,2-4H3,(H,24,25). The van der Waals surface area contributed by atoms with Crippen LogP contribution in [0.3, 0.4) is 0 Å². The number of hydrogen-bond acceptors (Lipinski definition) is 9. The van der Waals surface area contributed by atoms with Crippen LogP contribution in [0, 0.1) is 12.3 Å². The van der Waals surface area contributed by atoms with E-state index in [2.05, 4.69) is 25.9 Å². The zero-order valence-corrected chi connectivity index (χ0v) is 18.7. The Kier molecular flexibility index (Phi) is 5.80. The predicted molar refractivity (Wildman–Crippen MR) is 118 cm³/mol. The first-order valence-corrected chi connectivity index (χ1v) is 10.9. The molecule has 0 amide bonds. The second-order valence-electron chi connectivity index (χ2n) is 6.69. The fourth-order valence-corrected chi connectivity index (χ4v) is 4.55. The molecule has 0 saturated heterocycles. The van der Waals surface area contributed by atoms with Crippen molar-refractivity contribution in [2.24, 2.45) is 0 Å². The Morgan fingerprint density at radius 2 is 1.88 bits per heavy atom. The third-order valence-corrected chi connectivity index (χ3v) is 6.08. The lowest BCUT2D eigenvalue weighted by Gasteiger charge is -2.15. The van der Waals surface area contributed by atoms with Gasteiger partial charge < -0.3 is 18.7 Å². The second-order valence-corrected chi connectivity index (χ2v) is 8.31. The zero-order valence-electron chi connectivity index (χ0n) is 17.9. The minimum Gasteiger partial charge on any atom is -0.495 e. The van der Waals surface area contributed by atoms with E-state index in [1.165, 1.54) is 33.5 Å². The SMILES string of the molecule is C#Cc1cc(OC)c(S(=O)(=O)Nc2noc3cc(Cn4cccn4)nc(OC)c23)c(OC)c1. The Morgan fingerprint density at radius 3 is 2.45 bits per heavy atom. The van der Waals surface area contributed by atoms with Gasteiger partial charge in [0.25, 0.3) is 10.0 Å². The van der Waals surface area contributed by atoms with Crippen molar-refractivity contribution in [2.45, 2.75) is 11.4 Å². The van der Waals surface area contributed by atoms with E-state index in [0.29, 0.717) is 17.8 Å². The Hall–Kier alpha value is -4.24. The summed E-state index contributed by atoms with van der Waals surface area (Å²) in [6.45, 7) is 0.358. The predicted octanol–water partition coefficient (Wildman–Crippen LogP) is 2.28. The maximum Gasteiger partial charge on any atom is 0.270 e. The molecule has 3 heterocycles. The van der Waals surface area contributed by atoms with Crippen molar-refractivity contribution in [2.75, 3.05) is 26.1 Å². The number of rotatable bonds is 8. The molecule has 11 nitrogen and oxygen atoms in total. The molecular weight excluding hydrogens is 450 g/mol. The van der Waals surface area contributed by atoms with Crippen molar-refractivity contribution >= 4 is 26.8 Å². The molecule has 33 heavy (non-hydrogen) atoms. The number of fused-ring (bicyclic) bond motifs is 1. The van der Waals surface area contributed by atoms with Crippen LogP contribution in [-0.4, -0.2) is 49.7 Å². The second kappa shape index (κ2) is 8.71. The van der Waals surface area contributed by atoms with Gasteiger partial charge in [0.05, 0.1) is 33.6 Å². The van der Waals surface area contributed by atoms with Crippen LogP contribution in [0.15, 0.2) is 46.1 Å². The fraction of sp³-hybridized carbons (Fsp3) is 0.190. The number of pyridine rings is 1. The van der Waals surface area contributed by atoms with E-state index in [1.807, 2.05) is 0 Å². The van der Waals surface area contributed by atoms with Crippen molar-refractivity contribution in [3.05, 3.63) is 47.9 Å². The van der Waals surface area contributed by atoms with E-state index in [4.69, 9.17) is 25.2 Å². The normalized spacial score (nSPS) is 11.2. The average molecular weight is 469 g/mol. The summed E-state index contributed by atoms with van der Waals surface area (Å²) in [7, 11) is -0.184. The molecule has 12 heteroatoms. The first-order chi connectivity index (χ1) is 15.9. The molecule has 4 rings (SSSR count). The van der Waals surface area contributed by atoms with E-state index in [0.717, 1.165) is 0 Å². The summed E-state index contributed by atoms with van der Waals surface area (Å²) in [5.41, 5.74) is 1.26. The lowest BCUT2D eigenvalue weighted by Crippen LogP contribution is -2.16. The summed E-state index contributed by atoms with van der Waals surface area (Å²) in [5.74, 6) is 2.47. The third-order valence-electron chi connectivity index (χ3n) is 4.68. The summed E-state index contributed by atoms with van der Waals surface area (Å²) >= 11 is 0. The summed E-state index contributed by atoms with van der Waals surface area (Å²) in [4.78, 5) is 4.19. The molecule has 0 spiro atoms. The highest BCUT2D eigenvalue weighted by Gasteiger charge is 2.29. The quantitative estimate of drug-likeness (QED) is 0.386. The number of ether oxygens (including phenoxy) is 3. The number of aromatic nitrogens is 4. The molecule has 3 aromatic heterocycles. The minimum atomic E-state index is -4.25. The van der Waals surface area contributed by atoms with Gasteiger partial charge in [-0.25, -0.2) is 13.4 Å². The summed E-state index contributed by atoms with van der Waals surface area (Å²) in [6.07, 6.45) is 8.87. The molecule has 0 unspecified atom stereocenters. The van der Waals surface area contributed by atoms with E-state index in [-0.39, 0.29) is 39.1 Å². The molecule has 170 valence electrons. The maximum absolute atomic E-state index is 13.3. The molecule has 0 aliphatic rings. The highest BCUT2D eigenvalue weighted by molar-refractivity contribution is 7.93. The average Bonchev–Trinajstić information content (AvgIpc) is 3.47. The van der Waals surface area contributed by atoms with Crippen LogP contribution in [0.5, 0.6) is 17.4 Å². The zero-order chi connectivity index (χ0) is 23.6. The van der Waals surface area contributed by atoms with Crippen molar-refractivity contribution in [3.63, 3.8) is 0 Å². The van der Waals surface area contributed by atoms with Crippen LogP contribution in [-0.2, 0) is 16.6 Å². The van der Waals surface area contributed by atoms with Gasteiger partial charge in [-0.05, 0) is 18.2 Å². The van der Waals surface area contributed by atoms with Crippen molar-refractivity contribution in [1.82, 2.24) is 19.9 Å². The van der Waals surface area contributed by atoms with Crippen LogP contribution < -0.4 is 18.9 Å². The lowest BCUT2D eigenvalue weighted by molar-refractivity contribution is 0.373. The molecular formula is C21H19N5O6S. The number of benzene rings is 1. The van der Waals surface area contributed by atoms with E-state index in [9.17, 15) is 8.42 Å².